The summed E-state index contributed by atoms with van der Waals surface area (Å²) in [7, 11) is 0. The molecule has 0 aromatic carbocycles. The van der Waals surface area contributed by atoms with Gasteiger partial charge in [-0.15, -0.1) is 0 Å². The normalized spacial score (nSPS) is 23.1. The van der Waals surface area contributed by atoms with Gasteiger partial charge in [-0.3, -0.25) is 44.2 Å². The molecule has 48 heavy (non-hydrogen) atoms. The maximum atomic E-state index is 15.3. The molecule has 0 radical (unpaired) electrons. The van der Waals surface area contributed by atoms with E-state index in [9.17, 15) is 0 Å². The number of hydrogen-bond donors (Lipinski definition) is 0. The molecule has 2 unspecified atom stereocenters. The van der Waals surface area contributed by atoms with Crippen molar-refractivity contribution in [1.82, 2.24) is 39.4 Å². The predicted molar refractivity (Wildman–Crippen MR) is 194 cm³/mol. The second-order valence-electron chi connectivity index (χ2n) is 15.4. The van der Waals surface area contributed by atoms with Crippen molar-refractivity contribution >= 4 is 5.78 Å². The fourth-order valence-corrected chi connectivity index (χ4v) is 8.36. The van der Waals surface area contributed by atoms with E-state index >= 15 is 4.79 Å². The topological polar surface area (TPSA) is 62.3 Å². The van der Waals surface area contributed by atoms with E-state index in [0.29, 0.717) is 12.1 Å². The Balaban J connectivity index is 1.28. The number of nitrogens with zero attached hydrogens (tertiary/aromatic N) is 8. The molecule has 0 saturated carbocycles. The summed E-state index contributed by atoms with van der Waals surface area (Å²) in [6, 6.07) is 9.13. The first-order valence-electron chi connectivity index (χ1n) is 19.2. The van der Waals surface area contributed by atoms with Crippen molar-refractivity contribution in [3.63, 3.8) is 0 Å². The van der Waals surface area contributed by atoms with Gasteiger partial charge in [0.25, 0.3) is 0 Å². The molecule has 4 fully saturated rings. The van der Waals surface area contributed by atoms with Crippen LogP contribution in [0.15, 0.2) is 36.7 Å². The lowest BCUT2D eigenvalue weighted by atomic mass is 9.91. The molecule has 4 saturated heterocycles. The molecule has 6 heterocycles. The Morgan fingerprint density at radius 2 is 0.875 bits per heavy atom. The van der Waals surface area contributed by atoms with Gasteiger partial charge < -0.3 is 0 Å². The third-order valence-corrected chi connectivity index (χ3v) is 11.4. The Kier molecular flexibility index (Phi) is 12.7. The van der Waals surface area contributed by atoms with Crippen LogP contribution in [0.1, 0.15) is 101 Å². The number of hydrogen-bond acceptors (Lipinski definition) is 9. The first-order chi connectivity index (χ1) is 23.4. The third kappa shape index (κ3) is 9.09. The summed E-state index contributed by atoms with van der Waals surface area (Å²) in [5.41, 5.74) is 4.26. The zero-order valence-corrected chi connectivity index (χ0v) is 30.4. The van der Waals surface area contributed by atoms with E-state index in [4.69, 9.17) is 9.97 Å². The number of carbonyl (C=O) groups is 1. The Labute approximate surface area is 290 Å². The summed E-state index contributed by atoms with van der Waals surface area (Å²) >= 11 is 0. The van der Waals surface area contributed by atoms with Gasteiger partial charge in [-0.1, -0.05) is 25.0 Å². The van der Waals surface area contributed by atoms with Gasteiger partial charge in [0, 0.05) is 89.9 Å². The van der Waals surface area contributed by atoms with Crippen LogP contribution in [0.4, 0.5) is 0 Å². The lowest BCUT2D eigenvalue weighted by Gasteiger charge is -2.44. The lowest BCUT2D eigenvalue weighted by molar-refractivity contribution is -0.132. The summed E-state index contributed by atoms with van der Waals surface area (Å²) in [6.45, 7) is 22.9. The Hall–Kier alpha value is -2.27. The minimum Gasteiger partial charge on any atom is -0.298 e. The first-order valence-corrected chi connectivity index (χ1v) is 19.2. The molecule has 2 aromatic rings. The van der Waals surface area contributed by atoms with Gasteiger partial charge in [-0.05, 0) is 103 Å². The van der Waals surface area contributed by atoms with Gasteiger partial charge in [0.15, 0.2) is 5.78 Å². The number of likely N-dealkylation sites (tertiary alicyclic amines) is 2. The van der Waals surface area contributed by atoms with Crippen LogP contribution in [-0.4, -0.2) is 136 Å². The molecule has 4 aliphatic heterocycles. The molecule has 0 bridgehead atoms. The Morgan fingerprint density at radius 1 is 0.521 bits per heavy atom. The number of Topliss-reactive ketones (excluding diaryl/α,β-unsaturated/α-hetero) is 1. The Morgan fingerprint density at radius 3 is 1.19 bits per heavy atom. The van der Waals surface area contributed by atoms with Crippen molar-refractivity contribution in [3.8, 4) is 0 Å². The largest absolute Gasteiger partial charge is 0.298 e. The van der Waals surface area contributed by atoms with Gasteiger partial charge in [0.1, 0.15) is 0 Å². The van der Waals surface area contributed by atoms with Crippen molar-refractivity contribution < 1.29 is 4.79 Å². The number of piperazine rings is 2. The number of rotatable bonds is 12. The molecule has 0 aliphatic carbocycles. The van der Waals surface area contributed by atoms with Crippen LogP contribution in [0, 0.1) is 0 Å². The van der Waals surface area contributed by atoms with Crippen molar-refractivity contribution in [2.45, 2.75) is 103 Å². The van der Waals surface area contributed by atoms with E-state index in [0.717, 1.165) is 114 Å². The second kappa shape index (κ2) is 17.1. The van der Waals surface area contributed by atoms with Crippen LogP contribution < -0.4 is 0 Å². The van der Waals surface area contributed by atoms with E-state index in [2.05, 4.69) is 81.4 Å². The highest BCUT2D eigenvalue weighted by atomic mass is 16.1. The quantitative estimate of drug-likeness (QED) is 0.319. The maximum absolute atomic E-state index is 15.3. The monoisotopic (exact) mass is 659 g/mol. The van der Waals surface area contributed by atoms with E-state index in [-0.39, 0.29) is 17.9 Å². The standard InChI is InChI=1S/C39H62N8O/c1-31(2)44-19-23-46(24-20-44)37(33-11-13-35(40-27-33)29-42-15-7-5-8-16-42)39(48)38(47-25-21-45(22-26-47)32(3)4)34-12-14-36(41-28-34)30-43-17-9-6-10-18-43/h11-14,27-28,31-32,37-38H,5-10,15-26,29-30H2,1-4H3. The highest BCUT2D eigenvalue weighted by Crippen LogP contribution is 2.34. The summed E-state index contributed by atoms with van der Waals surface area (Å²) in [5, 5.41) is 0. The minimum atomic E-state index is -0.336. The summed E-state index contributed by atoms with van der Waals surface area (Å²) in [4.78, 5) is 40.3. The molecule has 6 rings (SSSR count). The molecule has 0 amide bonds. The molecule has 9 heteroatoms. The van der Waals surface area contributed by atoms with Crippen molar-refractivity contribution in [1.29, 1.82) is 0 Å². The van der Waals surface area contributed by atoms with Crippen LogP contribution in [0.3, 0.4) is 0 Å². The van der Waals surface area contributed by atoms with Crippen LogP contribution in [0.25, 0.3) is 0 Å². The fraction of sp³-hybridized carbons (Fsp3) is 0.718. The minimum absolute atomic E-state index is 0.266. The van der Waals surface area contributed by atoms with E-state index in [1.165, 1.54) is 38.5 Å². The molecule has 2 atom stereocenters. The summed E-state index contributed by atoms with van der Waals surface area (Å²) < 4.78 is 0. The third-order valence-electron chi connectivity index (χ3n) is 11.4. The van der Waals surface area contributed by atoms with E-state index in [1.54, 1.807) is 0 Å². The number of carbonyl (C=O) groups excluding carboxylic acids is 1. The van der Waals surface area contributed by atoms with Crippen LogP contribution in [0.5, 0.6) is 0 Å². The maximum Gasteiger partial charge on any atom is 0.176 e. The fourth-order valence-electron chi connectivity index (χ4n) is 8.36. The van der Waals surface area contributed by atoms with Gasteiger partial charge in [0.2, 0.25) is 0 Å². The van der Waals surface area contributed by atoms with Gasteiger partial charge >= 0.3 is 0 Å². The summed E-state index contributed by atoms with van der Waals surface area (Å²) in [5.74, 6) is 0.266. The zero-order chi connectivity index (χ0) is 33.5. The molecular formula is C39H62N8O. The van der Waals surface area contributed by atoms with Crippen LogP contribution in [-0.2, 0) is 17.9 Å². The number of ketones is 1. The molecule has 9 nitrogen and oxygen atoms in total. The van der Waals surface area contributed by atoms with Crippen molar-refractivity contribution in [2.75, 3.05) is 78.5 Å². The SMILES string of the molecule is CC(C)N1CCN(C(C(=O)C(c2ccc(CN3CCCCC3)nc2)N2CCN(C(C)C)CC2)c2ccc(CN3CCCCC3)nc2)CC1. The number of aromatic nitrogens is 2. The predicted octanol–water partition coefficient (Wildman–Crippen LogP) is 4.85. The number of piperidine rings is 2. The highest BCUT2D eigenvalue weighted by molar-refractivity contribution is 5.91. The van der Waals surface area contributed by atoms with Crippen LogP contribution >= 0.6 is 0 Å². The van der Waals surface area contributed by atoms with E-state index in [1.807, 2.05) is 12.4 Å². The van der Waals surface area contributed by atoms with Gasteiger partial charge in [0.05, 0.1) is 23.5 Å². The molecule has 264 valence electrons. The van der Waals surface area contributed by atoms with E-state index < -0.39 is 0 Å². The van der Waals surface area contributed by atoms with Gasteiger partial charge in [-0.25, -0.2) is 0 Å². The Bertz CT molecular complexity index is 1160. The lowest BCUT2D eigenvalue weighted by Crippen LogP contribution is -2.54. The summed E-state index contributed by atoms with van der Waals surface area (Å²) in [6.07, 6.45) is 11.8. The number of pyridine rings is 2. The molecule has 4 aliphatic rings. The highest BCUT2D eigenvalue weighted by Gasteiger charge is 2.39. The zero-order valence-electron chi connectivity index (χ0n) is 30.4. The average molecular weight is 659 g/mol. The average Bonchev–Trinajstić information content (AvgIpc) is 3.11. The first kappa shape index (κ1) is 35.6. The molecule has 2 aromatic heterocycles. The van der Waals surface area contributed by atoms with Crippen molar-refractivity contribution in [3.05, 3.63) is 59.2 Å². The van der Waals surface area contributed by atoms with Crippen LogP contribution in [0.2, 0.25) is 0 Å². The molecule has 0 spiro atoms. The smallest absolute Gasteiger partial charge is 0.176 e. The van der Waals surface area contributed by atoms with Crippen molar-refractivity contribution in [2.24, 2.45) is 0 Å². The molecular weight excluding hydrogens is 596 g/mol. The molecule has 0 N–H and O–H groups in total. The second-order valence-corrected chi connectivity index (χ2v) is 15.4. The van der Waals surface area contributed by atoms with Gasteiger partial charge in [-0.2, -0.15) is 0 Å².